The summed E-state index contributed by atoms with van der Waals surface area (Å²) in [7, 11) is 0. The van der Waals surface area contributed by atoms with Gasteiger partial charge in [-0.05, 0) is 6.08 Å². The molecule has 2 rings (SSSR count). The summed E-state index contributed by atoms with van der Waals surface area (Å²) >= 11 is 7.22. The Bertz CT molecular complexity index is 635. The SMILES string of the molecule is N#C/C(=C\c1c(Cl)nc2sccn12)C(=O)O. The van der Waals surface area contributed by atoms with Crippen molar-refractivity contribution in [1.82, 2.24) is 9.38 Å². The standard InChI is InChI=1S/C9H4ClN3O2S/c10-7-6(3-5(4-11)8(14)15)13-1-2-16-9(13)12-7/h1-3H,(H,14,15)/b5-3+. The van der Waals surface area contributed by atoms with Gasteiger partial charge in [-0.15, -0.1) is 11.3 Å². The van der Waals surface area contributed by atoms with Crippen LogP contribution in [0.4, 0.5) is 0 Å². The highest BCUT2D eigenvalue weighted by molar-refractivity contribution is 7.15. The third kappa shape index (κ3) is 1.66. The number of carboxylic acid groups (broad SMARTS) is 1. The summed E-state index contributed by atoms with van der Waals surface area (Å²) in [5, 5.41) is 19.3. The largest absolute Gasteiger partial charge is 0.477 e. The van der Waals surface area contributed by atoms with Crippen LogP contribution in [0.2, 0.25) is 5.15 Å². The second-order valence-corrected chi connectivity index (χ2v) is 4.05. The molecule has 2 aromatic heterocycles. The van der Waals surface area contributed by atoms with Gasteiger partial charge in [-0.2, -0.15) is 5.26 Å². The van der Waals surface area contributed by atoms with Crippen molar-refractivity contribution in [1.29, 1.82) is 5.26 Å². The predicted molar refractivity (Wildman–Crippen MR) is 59.3 cm³/mol. The second-order valence-electron chi connectivity index (χ2n) is 2.82. The highest BCUT2D eigenvalue weighted by Gasteiger charge is 2.13. The van der Waals surface area contributed by atoms with Crippen LogP contribution in [0, 0.1) is 11.3 Å². The molecule has 0 amide bonds. The molecule has 0 aliphatic carbocycles. The number of fused-ring (bicyclic) bond motifs is 1. The van der Waals surface area contributed by atoms with Gasteiger partial charge >= 0.3 is 5.97 Å². The van der Waals surface area contributed by atoms with E-state index in [0.717, 1.165) is 0 Å². The number of thiazole rings is 1. The number of aliphatic carboxylic acids is 1. The monoisotopic (exact) mass is 253 g/mol. The first-order valence-corrected chi connectivity index (χ1v) is 5.35. The minimum Gasteiger partial charge on any atom is -0.477 e. The summed E-state index contributed by atoms with van der Waals surface area (Å²) in [6.45, 7) is 0. The average Bonchev–Trinajstić information content (AvgIpc) is 2.75. The normalized spacial score (nSPS) is 11.6. The van der Waals surface area contributed by atoms with Crippen LogP contribution < -0.4 is 0 Å². The van der Waals surface area contributed by atoms with E-state index in [1.54, 1.807) is 22.0 Å². The van der Waals surface area contributed by atoms with E-state index in [-0.39, 0.29) is 10.7 Å². The van der Waals surface area contributed by atoms with Gasteiger partial charge in [0.2, 0.25) is 0 Å². The molecule has 0 unspecified atom stereocenters. The number of hydrogen-bond donors (Lipinski definition) is 1. The van der Waals surface area contributed by atoms with Crippen molar-refractivity contribution >= 4 is 39.9 Å². The van der Waals surface area contributed by atoms with Crippen molar-refractivity contribution in [2.45, 2.75) is 0 Å². The van der Waals surface area contributed by atoms with E-state index in [9.17, 15) is 4.79 Å². The summed E-state index contributed by atoms with van der Waals surface area (Å²) in [5.74, 6) is -1.29. The molecule has 0 fully saturated rings. The van der Waals surface area contributed by atoms with E-state index in [1.807, 2.05) is 0 Å². The Morgan fingerprint density at radius 2 is 2.50 bits per heavy atom. The first-order chi connectivity index (χ1) is 7.63. The van der Waals surface area contributed by atoms with E-state index in [1.165, 1.54) is 17.4 Å². The number of carbonyl (C=O) groups is 1. The van der Waals surface area contributed by atoms with Gasteiger partial charge in [-0.1, -0.05) is 11.6 Å². The summed E-state index contributed by atoms with van der Waals surface area (Å²) < 4.78 is 1.63. The van der Waals surface area contributed by atoms with Gasteiger partial charge in [-0.25, -0.2) is 9.78 Å². The fourth-order valence-electron chi connectivity index (χ4n) is 1.18. The summed E-state index contributed by atoms with van der Waals surface area (Å²) in [6, 6.07) is 1.59. The lowest BCUT2D eigenvalue weighted by Gasteiger charge is -1.92. The third-order valence-corrected chi connectivity index (χ3v) is 2.92. The van der Waals surface area contributed by atoms with Crippen LogP contribution in [0.1, 0.15) is 5.69 Å². The zero-order valence-electron chi connectivity index (χ0n) is 7.72. The highest BCUT2D eigenvalue weighted by atomic mass is 35.5. The molecule has 16 heavy (non-hydrogen) atoms. The number of halogens is 1. The molecular weight excluding hydrogens is 250 g/mol. The van der Waals surface area contributed by atoms with E-state index in [4.69, 9.17) is 22.0 Å². The fraction of sp³-hybridized carbons (Fsp3) is 0. The molecule has 0 aliphatic heterocycles. The van der Waals surface area contributed by atoms with Crippen LogP contribution >= 0.6 is 22.9 Å². The molecular formula is C9H4ClN3O2S. The van der Waals surface area contributed by atoms with Gasteiger partial charge in [0, 0.05) is 11.6 Å². The Hall–Kier alpha value is -1.84. The fourth-order valence-corrected chi connectivity index (χ4v) is 2.18. The van der Waals surface area contributed by atoms with E-state index >= 15 is 0 Å². The van der Waals surface area contributed by atoms with E-state index < -0.39 is 5.97 Å². The summed E-state index contributed by atoms with van der Waals surface area (Å²) in [5.41, 5.74) is 0.0202. The highest BCUT2D eigenvalue weighted by Crippen LogP contribution is 2.23. The lowest BCUT2D eigenvalue weighted by molar-refractivity contribution is -0.132. The average molecular weight is 254 g/mol. The van der Waals surface area contributed by atoms with Crippen LogP contribution in [0.5, 0.6) is 0 Å². The van der Waals surface area contributed by atoms with Crippen molar-refractivity contribution in [3.63, 3.8) is 0 Å². The molecule has 0 saturated carbocycles. The van der Waals surface area contributed by atoms with Gasteiger partial charge in [0.15, 0.2) is 10.1 Å². The molecule has 2 heterocycles. The first kappa shape index (κ1) is 10.7. The van der Waals surface area contributed by atoms with Crippen molar-refractivity contribution in [2.75, 3.05) is 0 Å². The Morgan fingerprint density at radius 3 is 3.12 bits per heavy atom. The van der Waals surface area contributed by atoms with E-state index in [2.05, 4.69) is 4.98 Å². The number of imidazole rings is 1. The molecule has 7 heteroatoms. The van der Waals surface area contributed by atoms with Crippen LogP contribution in [0.15, 0.2) is 17.2 Å². The van der Waals surface area contributed by atoms with Crippen LogP contribution in [-0.2, 0) is 4.79 Å². The molecule has 0 radical (unpaired) electrons. The molecule has 0 saturated heterocycles. The number of carboxylic acids is 1. The molecule has 5 nitrogen and oxygen atoms in total. The molecule has 2 aromatic rings. The molecule has 0 atom stereocenters. The van der Waals surface area contributed by atoms with Gasteiger partial charge in [0.1, 0.15) is 11.6 Å². The number of aromatic nitrogens is 2. The maximum atomic E-state index is 10.7. The minimum atomic E-state index is -1.29. The first-order valence-electron chi connectivity index (χ1n) is 4.09. The molecule has 80 valence electrons. The van der Waals surface area contributed by atoms with Gasteiger partial charge in [0.05, 0.1) is 5.69 Å². The topological polar surface area (TPSA) is 78.4 Å². The smallest absolute Gasteiger partial charge is 0.346 e. The predicted octanol–water partition coefficient (Wildman–Crippen LogP) is 2.04. The number of rotatable bonds is 2. The van der Waals surface area contributed by atoms with Crippen LogP contribution in [-0.4, -0.2) is 20.5 Å². The zero-order valence-corrected chi connectivity index (χ0v) is 9.29. The van der Waals surface area contributed by atoms with E-state index in [0.29, 0.717) is 10.7 Å². The van der Waals surface area contributed by atoms with Gasteiger partial charge < -0.3 is 5.11 Å². The lowest BCUT2D eigenvalue weighted by Crippen LogP contribution is -1.98. The number of nitriles is 1. The third-order valence-electron chi connectivity index (χ3n) is 1.89. The molecule has 0 aromatic carbocycles. The maximum Gasteiger partial charge on any atom is 0.346 e. The van der Waals surface area contributed by atoms with Crippen molar-refractivity contribution < 1.29 is 9.90 Å². The minimum absolute atomic E-state index is 0.181. The molecule has 0 bridgehead atoms. The van der Waals surface area contributed by atoms with Crippen molar-refractivity contribution in [2.24, 2.45) is 0 Å². The summed E-state index contributed by atoms with van der Waals surface area (Å²) in [4.78, 5) is 15.4. The second kappa shape index (κ2) is 3.96. The van der Waals surface area contributed by atoms with Crippen molar-refractivity contribution in [3.05, 3.63) is 28.0 Å². The Kier molecular flexibility index (Phi) is 2.64. The number of hydrogen-bond acceptors (Lipinski definition) is 4. The zero-order chi connectivity index (χ0) is 11.7. The van der Waals surface area contributed by atoms with Gasteiger partial charge in [0.25, 0.3) is 0 Å². The lowest BCUT2D eigenvalue weighted by atomic mass is 10.2. The Labute approximate surface area is 98.8 Å². The van der Waals surface area contributed by atoms with Gasteiger partial charge in [-0.3, -0.25) is 4.40 Å². The maximum absolute atomic E-state index is 10.7. The van der Waals surface area contributed by atoms with Crippen LogP contribution in [0.25, 0.3) is 11.0 Å². The quantitative estimate of drug-likeness (QED) is 0.656. The number of nitrogens with zero attached hydrogens (tertiary/aromatic N) is 3. The van der Waals surface area contributed by atoms with Crippen LogP contribution in [0.3, 0.4) is 0 Å². The van der Waals surface area contributed by atoms with Crippen molar-refractivity contribution in [3.8, 4) is 6.07 Å². The summed E-state index contributed by atoms with van der Waals surface area (Å²) in [6.07, 6.45) is 2.92. The molecule has 1 N–H and O–H groups in total. The molecule has 0 aliphatic rings. The Balaban J connectivity index is 2.63. The molecule has 0 spiro atoms. The Morgan fingerprint density at radius 1 is 1.75 bits per heavy atom.